The Morgan fingerprint density at radius 3 is 2.48 bits per heavy atom. The number of halogens is 2. The van der Waals surface area contributed by atoms with E-state index in [0.29, 0.717) is 5.02 Å². The zero-order valence-electron chi connectivity index (χ0n) is 12.1. The van der Waals surface area contributed by atoms with Crippen LogP contribution in [0.4, 0.5) is 0 Å². The van der Waals surface area contributed by atoms with Gasteiger partial charge in [0.1, 0.15) is 0 Å². The number of hydrogen-bond acceptors (Lipinski definition) is 2. The highest BCUT2D eigenvalue weighted by Gasteiger charge is 2.11. The van der Waals surface area contributed by atoms with Gasteiger partial charge in [-0.15, -0.1) is 0 Å². The van der Waals surface area contributed by atoms with Crippen LogP contribution in [0.5, 0.6) is 0 Å². The summed E-state index contributed by atoms with van der Waals surface area (Å²) in [5.74, 6) is 5.67. The standard InChI is InChI=1S/C17H20Cl2N2/c1-12-2-4-13(5-3-12)6-8-16(21-20)11-14-10-15(18)7-9-17(14)19/h2-5,7,9-10,16,21H,6,8,11,20H2,1H3. The molecular weight excluding hydrogens is 303 g/mol. The van der Waals surface area contributed by atoms with Crippen molar-refractivity contribution in [3.8, 4) is 0 Å². The molecule has 1 unspecified atom stereocenters. The molecule has 3 N–H and O–H groups in total. The molecule has 0 saturated carbocycles. The Kier molecular flexibility index (Phi) is 6.07. The molecule has 112 valence electrons. The van der Waals surface area contributed by atoms with E-state index in [1.54, 1.807) is 6.07 Å². The molecule has 1 atom stereocenters. The second-order valence-corrected chi connectivity index (χ2v) is 6.17. The molecule has 0 heterocycles. The lowest BCUT2D eigenvalue weighted by Crippen LogP contribution is -2.37. The molecule has 2 aromatic carbocycles. The molecule has 0 fully saturated rings. The minimum Gasteiger partial charge on any atom is -0.271 e. The maximum absolute atomic E-state index is 6.20. The molecule has 0 aliphatic heterocycles. The average molecular weight is 323 g/mol. The fourth-order valence-corrected chi connectivity index (χ4v) is 2.69. The van der Waals surface area contributed by atoms with E-state index in [-0.39, 0.29) is 6.04 Å². The van der Waals surface area contributed by atoms with Gasteiger partial charge in [0.2, 0.25) is 0 Å². The first-order valence-electron chi connectivity index (χ1n) is 7.04. The molecule has 21 heavy (non-hydrogen) atoms. The van der Waals surface area contributed by atoms with Gasteiger partial charge in [-0.25, -0.2) is 0 Å². The van der Waals surface area contributed by atoms with Crippen molar-refractivity contribution in [1.82, 2.24) is 5.43 Å². The van der Waals surface area contributed by atoms with Crippen LogP contribution < -0.4 is 11.3 Å². The molecule has 0 saturated heterocycles. The maximum atomic E-state index is 6.20. The van der Waals surface area contributed by atoms with E-state index in [4.69, 9.17) is 29.0 Å². The predicted molar refractivity (Wildman–Crippen MR) is 90.8 cm³/mol. The highest BCUT2D eigenvalue weighted by Crippen LogP contribution is 2.22. The summed E-state index contributed by atoms with van der Waals surface area (Å²) in [6.45, 7) is 2.09. The Hall–Kier alpha value is -1.06. The SMILES string of the molecule is Cc1ccc(CCC(Cc2cc(Cl)ccc2Cl)NN)cc1. The van der Waals surface area contributed by atoms with Crippen molar-refractivity contribution in [2.45, 2.75) is 32.2 Å². The van der Waals surface area contributed by atoms with Crippen molar-refractivity contribution >= 4 is 23.2 Å². The van der Waals surface area contributed by atoms with E-state index in [2.05, 4.69) is 36.6 Å². The van der Waals surface area contributed by atoms with Gasteiger partial charge < -0.3 is 0 Å². The molecule has 0 amide bonds. The lowest BCUT2D eigenvalue weighted by atomic mass is 9.99. The fourth-order valence-electron chi connectivity index (χ4n) is 2.31. The van der Waals surface area contributed by atoms with Crippen molar-refractivity contribution in [1.29, 1.82) is 0 Å². The smallest absolute Gasteiger partial charge is 0.0439 e. The third-order valence-corrected chi connectivity index (χ3v) is 4.22. The molecule has 2 rings (SSSR count). The number of rotatable bonds is 6. The summed E-state index contributed by atoms with van der Waals surface area (Å²) in [6, 6.07) is 14.3. The minimum absolute atomic E-state index is 0.169. The third kappa shape index (κ3) is 5.01. The largest absolute Gasteiger partial charge is 0.271 e. The molecule has 0 aliphatic rings. The zero-order valence-corrected chi connectivity index (χ0v) is 13.6. The molecule has 4 heteroatoms. The Labute approximate surface area is 136 Å². The number of nitrogens with two attached hydrogens (primary N) is 1. The van der Waals surface area contributed by atoms with Gasteiger partial charge >= 0.3 is 0 Å². The predicted octanol–water partition coefficient (Wildman–Crippen LogP) is 4.31. The fraction of sp³-hybridized carbons (Fsp3) is 0.294. The molecule has 2 nitrogen and oxygen atoms in total. The van der Waals surface area contributed by atoms with E-state index < -0.39 is 0 Å². The van der Waals surface area contributed by atoms with Gasteiger partial charge in [0.25, 0.3) is 0 Å². The average Bonchev–Trinajstić information content (AvgIpc) is 2.48. The van der Waals surface area contributed by atoms with Gasteiger partial charge in [0.05, 0.1) is 0 Å². The molecule has 0 aromatic heterocycles. The highest BCUT2D eigenvalue weighted by molar-refractivity contribution is 6.33. The van der Waals surface area contributed by atoms with Crippen LogP contribution in [0.3, 0.4) is 0 Å². The van der Waals surface area contributed by atoms with Gasteiger partial charge in [0.15, 0.2) is 0 Å². The Morgan fingerprint density at radius 1 is 1.10 bits per heavy atom. The lowest BCUT2D eigenvalue weighted by Gasteiger charge is -2.17. The molecular formula is C17H20Cl2N2. The van der Waals surface area contributed by atoms with Crippen molar-refractivity contribution in [3.63, 3.8) is 0 Å². The first-order chi connectivity index (χ1) is 10.1. The van der Waals surface area contributed by atoms with E-state index in [9.17, 15) is 0 Å². The second kappa shape index (κ2) is 7.81. The summed E-state index contributed by atoms with van der Waals surface area (Å²) in [4.78, 5) is 0. The molecule has 0 radical (unpaired) electrons. The van der Waals surface area contributed by atoms with E-state index in [1.807, 2.05) is 12.1 Å². The summed E-state index contributed by atoms with van der Waals surface area (Å²) in [6.07, 6.45) is 2.69. The van der Waals surface area contributed by atoms with Crippen molar-refractivity contribution in [3.05, 3.63) is 69.2 Å². The summed E-state index contributed by atoms with van der Waals surface area (Å²) in [5.41, 5.74) is 6.49. The summed E-state index contributed by atoms with van der Waals surface area (Å²) in [5, 5.41) is 1.43. The lowest BCUT2D eigenvalue weighted by molar-refractivity contribution is 0.491. The van der Waals surface area contributed by atoms with Crippen molar-refractivity contribution in [2.24, 2.45) is 5.84 Å². The summed E-state index contributed by atoms with van der Waals surface area (Å²) < 4.78 is 0. The van der Waals surface area contributed by atoms with Crippen LogP contribution in [-0.2, 0) is 12.8 Å². The number of hydrazine groups is 1. The zero-order chi connectivity index (χ0) is 15.2. The van der Waals surface area contributed by atoms with Gasteiger partial charge in [-0.05, 0) is 55.5 Å². The first-order valence-corrected chi connectivity index (χ1v) is 7.79. The number of nitrogens with one attached hydrogen (secondary N) is 1. The van der Waals surface area contributed by atoms with E-state index in [1.165, 1.54) is 11.1 Å². The summed E-state index contributed by atoms with van der Waals surface area (Å²) >= 11 is 12.2. The van der Waals surface area contributed by atoms with Crippen LogP contribution in [0.25, 0.3) is 0 Å². The van der Waals surface area contributed by atoms with Crippen molar-refractivity contribution in [2.75, 3.05) is 0 Å². The Balaban J connectivity index is 1.96. The Morgan fingerprint density at radius 2 is 1.81 bits per heavy atom. The normalized spacial score (nSPS) is 12.4. The van der Waals surface area contributed by atoms with Gasteiger partial charge in [0, 0.05) is 16.1 Å². The van der Waals surface area contributed by atoms with Crippen LogP contribution in [0.15, 0.2) is 42.5 Å². The number of benzene rings is 2. The maximum Gasteiger partial charge on any atom is 0.0439 e. The minimum atomic E-state index is 0.169. The van der Waals surface area contributed by atoms with Gasteiger partial charge in [-0.1, -0.05) is 53.0 Å². The van der Waals surface area contributed by atoms with Crippen molar-refractivity contribution < 1.29 is 0 Å². The molecule has 0 aliphatic carbocycles. The topological polar surface area (TPSA) is 38.0 Å². The van der Waals surface area contributed by atoms with Crippen LogP contribution in [-0.4, -0.2) is 6.04 Å². The van der Waals surface area contributed by atoms with Crippen LogP contribution in [0.2, 0.25) is 10.0 Å². The van der Waals surface area contributed by atoms with E-state index in [0.717, 1.165) is 29.8 Å². The first kappa shape index (κ1) is 16.3. The Bertz CT molecular complexity index is 582. The highest BCUT2D eigenvalue weighted by atomic mass is 35.5. The number of hydrogen-bond donors (Lipinski definition) is 2. The second-order valence-electron chi connectivity index (χ2n) is 5.33. The molecule has 0 spiro atoms. The number of aryl methyl sites for hydroxylation is 2. The summed E-state index contributed by atoms with van der Waals surface area (Å²) in [7, 11) is 0. The van der Waals surface area contributed by atoms with Crippen LogP contribution >= 0.6 is 23.2 Å². The van der Waals surface area contributed by atoms with Gasteiger partial charge in [-0.2, -0.15) is 0 Å². The van der Waals surface area contributed by atoms with E-state index >= 15 is 0 Å². The van der Waals surface area contributed by atoms with Crippen LogP contribution in [0, 0.1) is 6.92 Å². The van der Waals surface area contributed by atoms with Gasteiger partial charge in [-0.3, -0.25) is 11.3 Å². The quantitative estimate of drug-likeness (QED) is 0.614. The molecule has 2 aromatic rings. The third-order valence-electron chi connectivity index (χ3n) is 3.61. The monoisotopic (exact) mass is 322 g/mol. The van der Waals surface area contributed by atoms with Crippen LogP contribution in [0.1, 0.15) is 23.1 Å². The molecule has 0 bridgehead atoms.